The number of hydrogen-bond donors (Lipinski definition) is 2. The van der Waals surface area contributed by atoms with E-state index in [9.17, 15) is 4.79 Å². The Morgan fingerprint density at radius 1 is 1.15 bits per heavy atom. The van der Waals surface area contributed by atoms with Crippen LogP contribution < -0.4 is 10.6 Å². The Hall–Kier alpha value is -2.43. The first-order valence-electron chi connectivity index (χ1n) is 6.61. The maximum Gasteiger partial charge on any atom is 0.251 e. The summed E-state index contributed by atoms with van der Waals surface area (Å²) in [6.45, 7) is 3.31. The number of benzene rings is 1. The van der Waals surface area contributed by atoms with Gasteiger partial charge in [-0.05, 0) is 31.5 Å². The van der Waals surface area contributed by atoms with Gasteiger partial charge in [-0.3, -0.25) is 4.79 Å². The molecule has 1 amide bonds. The molecule has 20 heavy (non-hydrogen) atoms. The maximum absolute atomic E-state index is 11.9. The Bertz CT molecular complexity index is 557. The van der Waals surface area contributed by atoms with Crippen LogP contribution in [0.25, 0.3) is 0 Å². The van der Waals surface area contributed by atoms with Crippen LogP contribution in [0.1, 0.15) is 22.3 Å². The standard InChI is InChI=1S/C15H18N4O/c1-12-5-2-6-13(11-12)14(20)16-7-3-8-17-15-18-9-4-10-19-15/h2,4-6,9-11H,3,7-8H2,1H3,(H,16,20)(H,17,18,19). The Morgan fingerprint density at radius 2 is 1.95 bits per heavy atom. The van der Waals surface area contributed by atoms with Crippen LogP contribution in [-0.2, 0) is 0 Å². The lowest BCUT2D eigenvalue weighted by atomic mass is 10.1. The lowest BCUT2D eigenvalue weighted by Gasteiger charge is -2.07. The molecule has 1 heterocycles. The van der Waals surface area contributed by atoms with Gasteiger partial charge in [0, 0.05) is 31.0 Å². The molecule has 0 fully saturated rings. The molecule has 0 aliphatic rings. The number of hydrogen-bond acceptors (Lipinski definition) is 4. The molecule has 2 N–H and O–H groups in total. The minimum atomic E-state index is -0.0374. The third-order valence-corrected chi connectivity index (χ3v) is 2.77. The van der Waals surface area contributed by atoms with E-state index >= 15 is 0 Å². The Morgan fingerprint density at radius 3 is 2.70 bits per heavy atom. The molecule has 0 spiro atoms. The number of aromatic nitrogens is 2. The second-order valence-corrected chi connectivity index (χ2v) is 4.48. The van der Waals surface area contributed by atoms with Crippen LogP contribution >= 0.6 is 0 Å². The molecule has 2 aromatic rings. The van der Waals surface area contributed by atoms with Crippen LogP contribution in [-0.4, -0.2) is 29.0 Å². The largest absolute Gasteiger partial charge is 0.354 e. The zero-order valence-corrected chi connectivity index (χ0v) is 11.5. The summed E-state index contributed by atoms with van der Waals surface area (Å²) >= 11 is 0. The Kier molecular flexibility index (Phi) is 5.06. The van der Waals surface area contributed by atoms with Crippen molar-refractivity contribution in [1.82, 2.24) is 15.3 Å². The van der Waals surface area contributed by atoms with Crippen molar-refractivity contribution >= 4 is 11.9 Å². The Balaban J connectivity index is 1.67. The van der Waals surface area contributed by atoms with Gasteiger partial charge in [0.25, 0.3) is 5.91 Å². The van der Waals surface area contributed by atoms with Gasteiger partial charge in [0.2, 0.25) is 5.95 Å². The molecule has 1 aromatic carbocycles. The zero-order valence-electron chi connectivity index (χ0n) is 11.5. The van der Waals surface area contributed by atoms with E-state index in [0.717, 1.165) is 18.5 Å². The van der Waals surface area contributed by atoms with E-state index in [4.69, 9.17) is 0 Å². The number of carbonyl (C=O) groups excluding carboxylic acids is 1. The number of rotatable bonds is 6. The second-order valence-electron chi connectivity index (χ2n) is 4.48. The predicted molar refractivity (Wildman–Crippen MR) is 78.7 cm³/mol. The molecule has 2 rings (SSSR count). The predicted octanol–water partition coefficient (Wildman–Crippen LogP) is 2.02. The van der Waals surface area contributed by atoms with Crippen molar-refractivity contribution in [3.8, 4) is 0 Å². The molecule has 0 bridgehead atoms. The van der Waals surface area contributed by atoms with Crippen LogP contribution in [0.15, 0.2) is 42.7 Å². The molecule has 0 atom stereocenters. The monoisotopic (exact) mass is 270 g/mol. The van der Waals surface area contributed by atoms with Crippen molar-refractivity contribution in [3.05, 3.63) is 53.9 Å². The van der Waals surface area contributed by atoms with E-state index in [0.29, 0.717) is 18.1 Å². The van der Waals surface area contributed by atoms with E-state index in [1.54, 1.807) is 18.5 Å². The molecule has 5 nitrogen and oxygen atoms in total. The van der Waals surface area contributed by atoms with Crippen LogP contribution in [0, 0.1) is 6.92 Å². The van der Waals surface area contributed by atoms with Crippen molar-refractivity contribution in [1.29, 1.82) is 0 Å². The van der Waals surface area contributed by atoms with Crippen LogP contribution in [0.5, 0.6) is 0 Å². The van der Waals surface area contributed by atoms with Crippen molar-refractivity contribution in [2.75, 3.05) is 18.4 Å². The highest BCUT2D eigenvalue weighted by molar-refractivity contribution is 5.94. The fourth-order valence-corrected chi connectivity index (χ4v) is 1.77. The third kappa shape index (κ3) is 4.35. The highest BCUT2D eigenvalue weighted by atomic mass is 16.1. The van der Waals surface area contributed by atoms with E-state index in [1.807, 2.05) is 31.2 Å². The summed E-state index contributed by atoms with van der Waals surface area (Å²) in [4.78, 5) is 20.0. The lowest BCUT2D eigenvalue weighted by molar-refractivity contribution is 0.0953. The first-order chi connectivity index (χ1) is 9.75. The van der Waals surface area contributed by atoms with Crippen molar-refractivity contribution in [2.24, 2.45) is 0 Å². The normalized spacial score (nSPS) is 10.1. The number of anilines is 1. The van der Waals surface area contributed by atoms with Crippen molar-refractivity contribution in [3.63, 3.8) is 0 Å². The molecular formula is C15H18N4O. The SMILES string of the molecule is Cc1cccc(C(=O)NCCCNc2ncccn2)c1. The molecule has 5 heteroatoms. The lowest BCUT2D eigenvalue weighted by Crippen LogP contribution is -2.26. The first-order valence-corrected chi connectivity index (χ1v) is 6.61. The summed E-state index contributed by atoms with van der Waals surface area (Å²) in [5.74, 6) is 0.571. The minimum absolute atomic E-state index is 0.0374. The van der Waals surface area contributed by atoms with Crippen LogP contribution in [0.3, 0.4) is 0 Å². The van der Waals surface area contributed by atoms with Gasteiger partial charge in [0.05, 0.1) is 0 Å². The molecule has 104 valence electrons. The molecule has 0 saturated carbocycles. The first kappa shape index (κ1) is 14.0. The minimum Gasteiger partial charge on any atom is -0.354 e. The third-order valence-electron chi connectivity index (χ3n) is 2.77. The van der Waals surface area contributed by atoms with E-state index in [2.05, 4.69) is 20.6 Å². The summed E-state index contributed by atoms with van der Waals surface area (Å²) < 4.78 is 0. The van der Waals surface area contributed by atoms with Crippen molar-refractivity contribution < 1.29 is 4.79 Å². The van der Waals surface area contributed by atoms with Gasteiger partial charge >= 0.3 is 0 Å². The van der Waals surface area contributed by atoms with Crippen LogP contribution in [0.4, 0.5) is 5.95 Å². The summed E-state index contributed by atoms with van der Waals surface area (Å²) in [5.41, 5.74) is 1.78. The summed E-state index contributed by atoms with van der Waals surface area (Å²) in [5, 5.41) is 5.99. The van der Waals surface area contributed by atoms with Gasteiger partial charge in [0.15, 0.2) is 0 Å². The van der Waals surface area contributed by atoms with E-state index < -0.39 is 0 Å². The Labute approximate surface area is 118 Å². The number of amides is 1. The summed E-state index contributed by atoms with van der Waals surface area (Å²) in [6, 6.07) is 9.33. The van der Waals surface area contributed by atoms with Gasteiger partial charge < -0.3 is 10.6 Å². The quantitative estimate of drug-likeness (QED) is 0.788. The highest BCUT2D eigenvalue weighted by Crippen LogP contribution is 2.03. The molecule has 0 radical (unpaired) electrons. The van der Waals surface area contributed by atoms with E-state index in [-0.39, 0.29) is 5.91 Å². The van der Waals surface area contributed by atoms with Gasteiger partial charge in [-0.2, -0.15) is 0 Å². The second kappa shape index (κ2) is 7.23. The molecule has 0 unspecified atom stereocenters. The number of aryl methyl sites for hydroxylation is 1. The number of nitrogens with one attached hydrogen (secondary N) is 2. The topological polar surface area (TPSA) is 66.9 Å². The van der Waals surface area contributed by atoms with Gasteiger partial charge in [-0.1, -0.05) is 17.7 Å². The summed E-state index contributed by atoms with van der Waals surface area (Å²) in [6.07, 6.45) is 4.19. The molecule has 0 saturated heterocycles. The van der Waals surface area contributed by atoms with E-state index in [1.165, 1.54) is 0 Å². The average molecular weight is 270 g/mol. The smallest absolute Gasteiger partial charge is 0.251 e. The molecule has 0 aliphatic carbocycles. The molecule has 1 aromatic heterocycles. The maximum atomic E-state index is 11.9. The number of carbonyl (C=O) groups is 1. The van der Waals surface area contributed by atoms with Gasteiger partial charge in [-0.15, -0.1) is 0 Å². The average Bonchev–Trinajstić information content (AvgIpc) is 2.48. The van der Waals surface area contributed by atoms with Crippen molar-refractivity contribution in [2.45, 2.75) is 13.3 Å². The summed E-state index contributed by atoms with van der Waals surface area (Å²) in [7, 11) is 0. The molecular weight excluding hydrogens is 252 g/mol. The van der Waals surface area contributed by atoms with Crippen LogP contribution in [0.2, 0.25) is 0 Å². The highest BCUT2D eigenvalue weighted by Gasteiger charge is 2.03. The van der Waals surface area contributed by atoms with Gasteiger partial charge in [-0.25, -0.2) is 9.97 Å². The fraction of sp³-hybridized carbons (Fsp3) is 0.267. The van der Waals surface area contributed by atoms with Gasteiger partial charge in [0.1, 0.15) is 0 Å². The number of nitrogens with zero attached hydrogens (tertiary/aromatic N) is 2. The molecule has 0 aliphatic heterocycles. The fourth-order valence-electron chi connectivity index (χ4n) is 1.77. The zero-order chi connectivity index (χ0) is 14.2.